The zero-order chi connectivity index (χ0) is 17.9. The van der Waals surface area contributed by atoms with Crippen LogP contribution in [-0.2, 0) is 6.18 Å². The van der Waals surface area contributed by atoms with Crippen LogP contribution in [-0.4, -0.2) is 23.4 Å². The number of aromatic nitrogens is 2. The normalized spacial score (nSPS) is 16.9. The van der Waals surface area contributed by atoms with Gasteiger partial charge in [0.05, 0.1) is 22.3 Å². The van der Waals surface area contributed by atoms with Gasteiger partial charge in [0.25, 0.3) is 5.71 Å². The maximum atomic E-state index is 13.7. The molecular formula is C18H13F3N2O3. The Hall–Kier alpha value is -2.77. The van der Waals surface area contributed by atoms with Crippen LogP contribution in [0.5, 0.6) is 11.5 Å². The molecular weight excluding hydrogens is 349 g/mol. The lowest BCUT2D eigenvalue weighted by Gasteiger charge is -2.19. The van der Waals surface area contributed by atoms with Crippen molar-refractivity contribution in [3.8, 4) is 22.8 Å². The summed E-state index contributed by atoms with van der Waals surface area (Å²) >= 11 is 0. The lowest BCUT2D eigenvalue weighted by Crippen LogP contribution is -2.15. The highest BCUT2D eigenvalue weighted by Crippen LogP contribution is 2.46. The summed E-state index contributed by atoms with van der Waals surface area (Å²) in [6.07, 6.45) is -2.88. The molecule has 2 aliphatic rings. The van der Waals surface area contributed by atoms with E-state index in [0.717, 1.165) is 18.9 Å². The highest BCUT2D eigenvalue weighted by Gasteiger charge is 2.39. The van der Waals surface area contributed by atoms with Crippen molar-refractivity contribution in [2.45, 2.75) is 24.9 Å². The number of hydrogen-bond donors (Lipinski definition) is 0. The number of benzene rings is 1. The molecule has 26 heavy (non-hydrogen) atoms. The van der Waals surface area contributed by atoms with Gasteiger partial charge in [-0.15, -0.1) is 0 Å². The number of hydrogen-bond acceptors (Lipinski definition) is 5. The Morgan fingerprint density at radius 1 is 1.00 bits per heavy atom. The minimum atomic E-state index is -4.53. The molecule has 1 aliphatic carbocycles. The molecule has 0 amide bonds. The van der Waals surface area contributed by atoms with Crippen molar-refractivity contribution in [1.29, 1.82) is 0 Å². The summed E-state index contributed by atoms with van der Waals surface area (Å²) in [6, 6.07) is 6.00. The van der Waals surface area contributed by atoms with E-state index in [1.165, 1.54) is 0 Å². The summed E-state index contributed by atoms with van der Waals surface area (Å²) in [7, 11) is 0. The topological polar surface area (TPSA) is 57.4 Å². The van der Waals surface area contributed by atoms with E-state index in [4.69, 9.17) is 14.0 Å². The van der Waals surface area contributed by atoms with E-state index < -0.39 is 11.7 Å². The fraction of sp³-hybridized carbons (Fsp3) is 0.333. The lowest BCUT2D eigenvalue weighted by molar-refractivity contribution is -0.136. The van der Waals surface area contributed by atoms with Gasteiger partial charge >= 0.3 is 6.18 Å². The lowest BCUT2D eigenvalue weighted by atomic mass is 10.0. The summed E-state index contributed by atoms with van der Waals surface area (Å²) in [5.74, 6) is 1.08. The molecule has 1 saturated carbocycles. The largest absolute Gasteiger partial charge is 0.486 e. The molecule has 5 rings (SSSR count). The Morgan fingerprint density at radius 3 is 2.50 bits per heavy atom. The van der Waals surface area contributed by atoms with Crippen molar-refractivity contribution >= 4 is 11.1 Å². The number of pyridine rings is 1. The van der Waals surface area contributed by atoms with Gasteiger partial charge in [-0.2, -0.15) is 13.2 Å². The van der Waals surface area contributed by atoms with E-state index in [0.29, 0.717) is 36.0 Å². The molecule has 0 radical (unpaired) electrons. The van der Waals surface area contributed by atoms with E-state index in [1.54, 1.807) is 18.2 Å². The summed E-state index contributed by atoms with van der Waals surface area (Å²) < 4.78 is 57.2. The first-order valence-corrected chi connectivity index (χ1v) is 8.28. The van der Waals surface area contributed by atoms with Crippen LogP contribution in [0.1, 0.15) is 30.0 Å². The van der Waals surface area contributed by atoms with E-state index >= 15 is 0 Å². The molecule has 134 valence electrons. The van der Waals surface area contributed by atoms with E-state index in [-0.39, 0.29) is 22.7 Å². The first kappa shape index (κ1) is 15.5. The maximum Gasteiger partial charge on any atom is 0.417 e. The molecule has 1 aliphatic heterocycles. The highest BCUT2D eigenvalue weighted by molar-refractivity contribution is 5.85. The quantitative estimate of drug-likeness (QED) is 0.669. The predicted molar refractivity (Wildman–Crippen MR) is 85.2 cm³/mol. The van der Waals surface area contributed by atoms with Crippen LogP contribution in [0.15, 0.2) is 28.8 Å². The van der Waals surface area contributed by atoms with Gasteiger partial charge in [0, 0.05) is 11.5 Å². The fourth-order valence-corrected chi connectivity index (χ4v) is 3.18. The molecule has 3 heterocycles. The van der Waals surface area contributed by atoms with Gasteiger partial charge in [-0.05, 0) is 37.1 Å². The molecule has 1 fully saturated rings. The first-order chi connectivity index (χ1) is 12.5. The molecule has 5 nitrogen and oxygen atoms in total. The Labute approximate surface area is 145 Å². The van der Waals surface area contributed by atoms with Crippen molar-refractivity contribution in [1.82, 2.24) is 10.1 Å². The number of fused-ring (bicyclic) bond motifs is 2. The Balaban J connectivity index is 1.69. The van der Waals surface area contributed by atoms with Gasteiger partial charge in [0.2, 0.25) is 0 Å². The minimum absolute atomic E-state index is 0.0266. The van der Waals surface area contributed by atoms with E-state index in [9.17, 15) is 13.2 Å². The maximum absolute atomic E-state index is 13.7. The number of nitrogens with zero attached hydrogens (tertiary/aromatic N) is 2. The number of halogens is 3. The Bertz CT molecular complexity index is 1010. The third-order valence-electron chi connectivity index (χ3n) is 4.58. The van der Waals surface area contributed by atoms with Crippen LogP contribution in [0.4, 0.5) is 13.2 Å². The van der Waals surface area contributed by atoms with E-state index in [2.05, 4.69) is 10.1 Å². The van der Waals surface area contributed by atoms with Gasteiger partial charge < -0.3 is 14.0 Å². The predicted octanol–water partition coefficient (Wildman–Crippen LogP) is 4.56. The van der Waals surface area contributed by atoms with Crippen LogP contribution in [0.25, 0.3) is 22.4 Å². The SMILES string of the molecule is FC(F)(F)c1cc(-c2ccc3c(c2)OCCO3)nc2onc(C3CC3)c12. The van der Waals surface area contributed by atoms with Crippen molar-refractivity contribution in [2.75, 3.05) is 13.2 Å². The van der Waals surface area contributed by atoms with Crippen molar-refractivity contribution in [2.24, 2.45) is 0 Å². The zero-order valence-electron chi connectivity index (χ0n) is 13.5. The average molecular weight is 362 g/mol. The minimum Gasteiger partial charge on any atom is -0.486 e. The summed E-state index contributed by atoms with van der Waals surface area (Å²) in [5.41, 5.74) is 0.141. The van der Waals surface area contributed by atoms with E-state index in [1.807, 2.05) is 0 Å². The molecule has 0 N–H and O–H groups in total. The zero-order valence-corrected chi connectivity index (χ0v) is 13.5. The summed E-state index contributed by atoms with van der Waals surface area (Å²) in [4.78, 5) is 4.27. The molecule has 0 spiro atoms. The molecule has 0 atom stereocenters. The van der Waals surface area contributed by atoms with Crippen molar-refractivity contribution < 1.29 is 27.2 Å². The van der Waals surface area contributed by atoms with Gasteiger partial charge in [-0.3, -0.25) is 0 Å². The van der Waals surface area contributed by atoms with Crippen molar-refractivity contribution in [3.05, 3.63) is 35.5 Å². The summed E-state index contributed by atoms with van der Waals surface area (Å²) in [5, 5.41) is 3.83. The van der Waals surface area contributed by atoms with Gasteiger partial charge in [0.1, 0.15) is 13.2 Å². The fourth-order valence-electron chi connectivity index (χ4n) is 3.18. The average Bonchev–Trinajstić information content (AvgIpc) is 3.38. The molecule has 8 heteroatoms. The Kier molecular flexibility index (Phi) is 3.19. The number of alkyl halides is 3. The Morgan fingerprint density at radius 2 is 1.77 bits per heavy atom. The molecule has 0 saturated heterocycles. The second kappa shape index (κ2) is 5.36. The molecule has 3 aromatic rings. The second-order valence-corrected chi connectivity index (χ2v) is 6.43. The first-order valence-electron chi connectivity index (χ1n) is 8.28. The molecule has 0 bridgehead atoms. The standard InChI is InChI=1S/C18H13F3N2O3/c19-18(20,21)11-8-12(10-3-4-13-14(7-10)25-6-5-24-13)22-17-15(11)16(23-26-17)9-1-2-9/h3-4,7-9H,1-2,5-6H2. The molecule has 1 aromatic carbocycles. The third kappa shape index (κ3) is 2.48. The molecule has 2 aromatic heterocycles. The van der Waals surface area contributed by atoms with Crippen LogP contribution in [0.2, 0.25) is 0 Å². The van der Waals surface area contributed by atoms with Crippen LogP contribution in [0, 0.1) is 0 Å². The number of rotatable bonds is 2. The van der Waals surface area contributed by atoms with Gasteiger partial charge in [-0.1, -0.05) is 5.16 Å². The van der Waals surface area contributed by atoms with Crippen LogP contribution in [0.3, 0.4) is 0 Å². The van der Waals surface area contributed by atoms with Crippen molar-refractivity contribution in [3.63, 3.8) is 0 Å². The van der Waals surface area contributed by atoms with Gasteiger partial charge in [0.15, 0.2) is 11.5 Å². The number of ether oxygens (including phenoxy) is 2. The summed E-state index contributed by atoms with van der Waals surface area (Å²) in [6.45, 7) is 0.834. The molecule has 0 unspecified atom stereocenters. The second-order valence-electron chi connectivity index (χ2n) is 6.43. The third-order valence-corrected chi connectivity index (χ3v) is 4.58. The highest BCUT2D eigenvalue weighted by atomic mass is 19.4. The van der Waals surface area contributed by atoms with Crippen LogP contribution >= 0.6 is 0 Å². The smallest absolute Gasteiger partial charge is 0.417 e. The monoisotopic (exact) mass is 362 g/mol. The van der Waals surface area contributed by atoms with Crippen LogP contribution < -0.4 is 9.47 Å². The van der Waals surface area contributed by atoms with Gasteiger partial charge in [-0.25, -0.2) is 4.98 Å².